The first-order chi connectivity index (χ1) is 9.64. The van der Waals surface area contributed by atoms with Crippen molar-refractivity contribution in [1.29, 1.82) is 0 Å². The van der Waals surface area contributed by atoms with Crippen molar-refractivity contribution in [3.63, 3.8) is 0 Å². The Morgan fingerprint density at radius 2 is 2.05 bits per heavy atom. The van der Waals surface area contributed by atoms with Gasteiger partial charge in [0.05, 0.1) is 5.54 Å². The van der Waals surface area contributed by atoms with Crippen LogP contribution in [0.5, 0.6) is 0 Å². The number of hydrogen-bond donors (Lipinski definition) is 2. The molecule has 3 unspecified atom stereocenters. The summed E-state index contributed by atoms with van der Waals surface area (Å²) in [5, 5.41) is 3.36. The number of nitrogens with two attached hydrogens (primary N) is 1. The average Bonchev–Trinajstić information content (AvgIpc) is 3.05. The highest BCUT2D eigenvalue weighted by Crippen LogP contribution is 2.35. The van der Waals surface area contributed by atoms with Gasteiger partial charge in [0.25, 0.3) is 0 Å². The van der Waals surface area contributed by atoms with E-state index >= 15 is 0 Å². The number of carbonyl (C=O) groups excluding carboxylic acids is 1. The van der Waals surface area contributed by atoms with Gasteiger partial charge in [0.1, 0.15) is 0 Å². The predicted molar refractivity (Wildman–Crippen MR) is 79.4 cm³/mol. The van der Waals surface area contributed by atoms with Crippen LogP contribution in [0, 0.1) is 0 Å². The number of nitrogens with zero attached hydrogens (tertiary/aromatic N) is 2. The van der Waals surface area contributed by atoms with Crippen molar-refractivity contribution in [3.05, 3.63) is 0 Å². The van der Waals surface area contributed by atoms with Gasteiger partial charge in [0.15, 0.2) is 0 Å². The van der Waals surface area contributed by atoms with Crippen molar-refractivity contribution in [2.45, 2.75) is 56.7 Å². The van der Waals surface area contributed by atoms with Gasteiger partial charge < -0.3 is 11.1 Å². The van der Waals surface area contributed by atoms with Gasteiger partial charge in [-0.15, -0.1) is 0 Å². The molecule has 0 spiro atoms. The smallest absolute Gasteiger partial charge is 0.237 e. The monoisotopic (exact) mass is 280 g/mol. The van der Waals surface area contributed by atoms with Crippen LogP contribution >= 0.6 is 0 Å². The van der Waals surface area contributed by atoms with Crippen LogP contribution in [-0.4, -0.2) is 66.1 Å². The van der Waals surface area contributed by atoms with Gasteiger partial charge in [-0.1, -0.05) is 6.92 Å². The van der Waals surface area contributed by atoms with Crippen molar-refractivity contribution in [2.24, 2.45) is 5.73 Å². The third-order valence-corrected chi connectivity index (χ3v) is 5.61. The quantitative estimate of drug-likeness (QED) is 0.770. The summed E-state index contributed by atoms with van der Waals surface area (Å²) >= 11 is 0. The van der Waals surface area contributed by atoms with Crippen molar-refractivity contribution in [2.75, 3.05) is 32.7 Å². The largest absolute Gasteiger partial charge is 0.368 e. The molecule has 2 heterocycles. The number of primary amides is 1. The fourth-order valence-corrected chi connectivity index (χ4v) is 4.49. The first-order valence-corrected chi connectivity index (χ1v) is 8.17. The van der Waals surface area contributed by atoms with Gasteiger partial charge >= 0.3 is 0 Å². The van der Waals surface area contributed by atoms with E-state index in [4.69, 9.17) is 5.73 Å². The maximum absolute atomic E-state index is 11.9. The molecular formula is C15H28N4O. The molecule has 5 heteroatoms. The summed E-state index contributed by atoms with van der Waals surface area (Å²) in [6, 6.07) is 1.29. The van der Waals surface area contributed by atoms with E-state index in [1.54, 1.807) is 0 Å². The summed E-state index contributed by atoms with van der Waals surface area (Å²) in [5.74, 6) is -0.165. The Balaban J connectivity index is 1.63. The van der Waals surface area contributed by atoms with E-state index in [1.807, 2.05) is 0 Å². The van der Waals surface area contributed by atoms with Crippen LogP contribution in [-0.2, 0) is 4.79 Å². The molecule has 3 rings (SSSR count). The van der Waals surface area contributed by atoms with E-state index < -0.39 is 5.54 Å². The van der Waals surface area contributed by atoms with Crippen LogP contribution in [0.3, 0.4) is 0 Å². The lowest BCUT2D eigenvalue weighted by Gasteiger charge is -2.41. The zero-order valence-electron chi connectivity index (χ0n) is 12.6. The molecule has 0 radical (unpaired) electrons. The fraction of sp³-hybridized carbons (Fsp3) is 0.933. The van der Waals surface area contributed by atoms with E-state index in [-0.39, 0.29) is 5.91 Å². The Morgan fingerprint density at radius 1 is 1.25 bits per heavy atom. The second-order valence-corrected chi connectivity index (χ2v) is 6.70. The molecule has 1 amide bonds. The summed E-state index contributed by atoms with van der Waals surface area (Å²) < 4.78 is 0. The van der Waals surface area contributed by atoms with Gasteiger partial charge in [-0.25, -0.2) is 0 Å². The fourth-order valence-electron chi connectivity index (χ4n) is 4.49. The number of rotatable bonds is 4. The number of likely N-dealkylation sites (N-methyl/N-ethyl adjacent to an activating group) is 1. The molecule has 0 aromatic heterocycles. The summed E-state index contributed by atoms with van der Waals surface area (Å²) in [4.78, 5) is 17.1. The molecular weight excluding hydrogens is 252 g/mol. The normalized spacial score (nSPS) is 39.0. The number of amides is 1. The summed E-state index contributed by atoms with van der Waals surface area (Å²) in [7, 11) is 0. The standard InChI is InChI=1S/C15H28N4O/c1-2-17-15(14(16)20)6-5-12(10-15)19-9-8-18-7-3-4-13(18)11-19/h12-13,17H,2-11H2,1H3,(H2,16,20). The average molecular weight is 280 g/mol. The first-order valence-electron chi connectivity index (χ1n) is 8.17. The van der Waals surface area contributed by atoms with Gasteiger partial charge in [-0.05, 0) is 45.2 Å². The van der Waals surface area contributed by atoms with E-state index in [1.165, 1.54) is 32.5 Å². The molecule has 1 aliphatic carbocycles. The van der Waals surface area contributed by atoms with Crippen LogP contribution in [0.2, 0.25) is 0 Å². The van der Waals surface area contributed by atoms with E-state index in [0.717, 1.165) is 38.4 Å². The van der Waals surface area contributed by atoms with E-state index in [9.17, 15) is 4.79 Å². The SMILES string of the molecule is CCNC1(C(N)=O)CCC(N2CCN3CCCC3C2)C1. The maximum atomic E-state index is 11.9. The molecule has 114 valence electrons. The lowest BCUT2D eigenvalue weighted by Crippen LogP contribution is -2.56. The predicted octanol–water partition coefficient (Wildman–Crippen LogP) is 0.153. The topological polar surface area (TPSA) is 61.6 Å². The van der Waals surface area contributed by atoms with Gasteiger partial charge in [-0.2, -0.15) is 0 Å². The molecule has 3 N–H and O–H groups in total. The van der Waals surface area contributed by atoms with Crippen molar-refractivity contribution in [3.8, 4) is 0 Å². The number of piperazine rings is 1. The Morgan fingerprint density at radius 3 is 2.80 bits per heavy atom. The lowest BCUT2D eigenvalue weighted by molar-refractivity contribution is -0.124. The molecule has 2 aliphatic heterocycles. The van der Waals surface area contributed by atoms with Crippen molar-refractivity contribution < 1.29 is 4.79 Å². The lowest BCUT2D eigenvalue weighted by atomic mass is 9.96. The Bertz CT molecular complexity index is 375. The first kappa shape index (κ1) is 14.3. The number of hydrogen-bond acceptors (Lipinski definition) is 4. The van der Waals surface area contributed by atoms with Crippen LogP contribution in [0.25, 0.3) is 0 Å². The van der Waals surface area contributed by atoms with Crippen LogP contribution in [0.1, 0.15) is 39.0 Å². The molecule has 3 fully saturated rings. The van der Waals surface area contributed by atoms with Gasteiger partial charge in [-0.3, -0.25) is 14.6 Å². The summed E-state index contributed by atoms with van der Waals surface area (Å²) in [6.07, 6.45) is 5.58. The molecule has 0 bridgehead atoms. The Kier molecular flexibility index (Phi) is 4.02. The highest BCUT2D eigenvalue weighted by Gasteiger charge is 2.46. The highest BCUT2D eigenvalue weighted by atomic mass is 16.1. The number of carbonyl (C=O) groups is 1. The number of nitrogens with one attached hydrogen (secondary N) is 1. The summed E-state index contributed by atoms with van der Waals surface area (Å²) in [6.45, 7) is 7.69. The molecule has 2 saturated heterocycles. The molecule has 5 nitrogen and oxygen atoms in total. The third-order valence-electron chi connectivity index (χ3n) is 5.61. The van der Waals surface area contributed by atoms with E-state index in [2.05, 4.69) is 22.0 Å². The van der Waals surface area contributed by atoms with Crippen LogP contribution in [0.4, 0.5) is 0 Å². The van der Waals surface area contributed by atoms with E-state index in [0.29, 0.717) is 6.04 Å². The third kappa shape index (κ3) is 2.47. The van der Waals surface area contributed by atoms with Crippen LogP contribution < -0.4 is 11.1 Å². The molecule has 0 aromatic carbocycles. The molecule has 20 heavy (non-hydrogen) atoms. The second-order valence-electron chi connectivity index (χ2n) is 6.70. The van der Waals surface area contributed by atoms with Gasteiger partial charge in [0.2, 0.25) is 5.91 Å². The maximum Gasteiger partial charge on any atom is 0.237 e. The minimum Gasteiger partial charge on any atom is -0.368 e. The van der Waals surface area contributed by atoms with Gasteiger partial charge in [0, 0.05) is 31.7 Å². The number of fused-ring (bicyclic) bond motifs is 1. The Labute approximate surface area is 121 Å². The Hall–Kier alpha value is -0.650. The molecule has 1 saturated carbocycles. The second kappa shape index (κ2) is 5.62. The zero-order valence-corrected chi connectivity index (χ0v) is 12.6. The van der Waals surface area contributed by atoms with Crippen LogP contribution in [0.15, 0.2) is 0 Å². The molecule has 0 aromatic rings. The molecule has 3 atom stereocenters. The van der Waals surface area contributed by atoms with Crippen molar-refractivity contribution in [1.82, 2.24) is 15.1 Å². The zero-order chi connectivity index (χ0) is 14.2. The minimum atomic E-state index is -0.452. The molecule has 3 aliphatic rings. The highest BCUT2D eigenvalue weighted by molar-refractivity contribution is 5.85. The summed E-state index contributed by atoms with van der Waals surface area (Å²) in [5.41, 5.74) is 5.22. The van der Waals surface area contributed by atoms with Crippen molar-refractivity contribution >= 4 is 5.91 Å². The minimum absolute atomic E-state index is 0.165.